The first-order valence-electron chi connectivity index (χ1n) is 7.46. The lowest BCUT2D eigenvalue weighted by Crippen LogP contribution is -2.60. The van der Waals surface area contributed by atoms with Gasteiger partial charge in [-0.25, -0.2) is 0 Å². The zero-order valence-corrected chi connectivity index (χ0v) is 14.0. The molecular weight excluding hydrogens is 340 g/mol. The smallest absolute Gasteiger partial charge is 0.244 e. The Morgan fingerprint density at radius 2 is 1.96 bits per heavy atom. The summed E-state index contributed by atoms with van der Waals surface area (Å²) in [5.41, 5.74) is -3.24. The standard InChI is InChI=1S/C18H13ClN4O2/c1-3-14-16(8-20,9-21)17(10-22)11(2)18(24-14,25-15(17)23)12-5-4-6-13(19)7-12/h3-7,11,14,23H,1H2,2H3. The Hall–Kier alpha value is -2.85. The second-order valence-electron chi connectivity index (χ2n) is 6.06. The molecule has 3 rings (SSSR count). The van der Waals surface area contributed by atoms with Crippen LogP contribution in [0.3, 0.4) is 0 Å². The van der Waals surface area contributed by atoms with Gasteiger partial charge in [0.25, 0.3) is 0 Å². The molecule has 1 aromatic rings. The minimum Gasteiger partial charge on any atom is -0.443 e. The Morgan fingerprint density at radius 1 is 1.28 bits per heavy atom. The highest BCUT2D eigenvalue weighted by Crippen LogP contribution is 2.65. The third-order valence-electron chi connectivity index (χ3n) is 5.15. The van der Waals surface area contributed by atoms with Gasteiger partial charge in [0.05, 0.1) is 24.1 Å². The maximum Gasteiger partial charge on any atom is 0.244 e. The van der Waals surface area contributed by atoms with Crippen LogP contribution in [0.15, 0.2) is 36.9 Å². The van der Waals surface area contributed by atoms with Gasteiger partial charge in [-0.05, 0) is 12.1 Å². The van der Waals surface area contributed by atoms with E-state index < -0.39 is 34.5 Å². The lowest BCUT2D eigenvalue weighted by Gasteiger charge is -2.47. The van der Waals surface area contributed by atoms with Crippen LogP contribution in [0.1, 0.15) is 12.5 Å². The molecule has 2 saturated heterocycles. The molecule has 2 heterocycles. The molecule has 4 unspecified atom stereocenters. The van der Waals surface area contributed by atoms with E-state index >= 15 is 0 Å². The van der Waals surface area contributed by atoms with Crippen LogP contribution in [0, 0.1) is 56.2 Å². The second kappa shape index (κ2) is 5.33. The van der Waals surface area contributed by atoms with E-state index in [0.717, 1.165) is 0 Å². The molecule has 0 saturated carbocycles. The summed E-state index contributed by atoms with van der Waals surface area (Å²) >= 11 is 6.08. The summed E-state index contributed by atoms with van der Waals surface area (Å²) in [5.74, 6) is -2.77. The van der Waals surface area contributed by atoms with Crippen molar-refractivity contribution in [2.75, 3.05) is 0 Å². The number of hydrogen-bond donors (Lipinski definition) is 1. The summed E-state index contributed by atoms with van der Waals surface area (Å²) in [7, 11) is 0. The molecule has 2 fully saturated rings. The van der Waals surface area contributed by atoms with Gasteiger partial charge in [0, 0.05) is 10.6 Å². The van der Waals surface area contributed by atoms with Crippen LogP contribution in [0.5, 0.6) is 0 Å². The van der Waals surface area contributed by atoms with E-state index in [4.69, 9.17) is 26.5 Å². The number of nitrogens with zero attached hydrogens (tertiary/aromatic N) is 3. The first kappa shape index (κ1) is 17.0. The maximum atomic E-state index is 9.95. The molecule has 124 valence electrons. The van der Waals surface area contributed by atoms with Gasteiger partial charge >= 0.3 is 0 Å². The summed E-state index contributed by atoms with van der Waals surface area (Å²) in [6.07, 6.45) is 0.172. The SMILES string of the molecule is C=CC1OC2(c3cccc(Cl)c3)OC(=N)C(C#N)(C2C)C1(C#N)C#N. The number of benzene rings is 1. The zero-order valence-electron chi connectivity index (χ0n) is 13.3. The first-order chi connectivity index (χ1) is 11.9. The van der Waals surface area contributed by atoms with Crippen LogP contribution >= 0.6 is 11.6 Å². The Kier molecular flexibility index (Phi) is 3.62. The molecule has 4 atom stereocenters. The fourth-order valence-electron chi connectivity index (χ4n) is 3.82. The monoisotopic (exact) mass is 352 g/mol. The third-order valence-corrected chi connectivity index (χ3v) is 5.39. The number of ether oxygens (including phenoxy) is 2. The Balaban J connectivity index is 2.35. The van der Waals surface area contributed by atoms with E-state index in [2.05, 4.69) is 6.58 Å². The molecule has 0 aliphatic carbocycles. The molecular formula is C18H13ClN4O2. The van der Waals surface area contributed by atoms with Crippen molar-refractivity contribution in [2.24, 2.45) is 16.7 Å². The van der Waals surface area contributed by atoms with E-state index in [0.29, 0.717) is 10.6 Å². The number of halogens is 1. The Morgan fingerprint density at radius 3 is 2.48 bits per heavy atom. The molecule has 0 radical (unpaired) electrons. The van der Waals surface area contributed by atoms with Gasteiger partial charge < -0.3 is 9.47 Å². The van der Waals surface area contributed by atoms with Crippen LogP contribution in [-0.2, 0) is 15.3 Å². The summed E-state index contributed by atoms with van der Waals surface area (Å²) in [4.78, 5) is 0. The minimum absolute atomic E-state index is 0.430. The summed E-state index contributed by atoms with van der Waals surface area (Å²) in [6.45, 7) is 5.27. The van der Waals surface area contributed by atoms with Crippen molar-refractivity contribution in [3.8, 4) is 18.2 Å². The minimum atomic E-state index is -1.95. The van der Waals surface area contributed by atoms with E-state index in [9.17, 15) is 15.8 Å². The van der Waals surface area contributed by atoms with Gasteiger partial charge in [0.15, 0.2) is 5.41 Å². The number of hydrogen-bond acceptors (Lipinski definition) is 6. The molecule has 1 aromatic carbocycles. The van der Waals surface area contributed by atoms with Crippen molar-refractivity contribution in [2.45, 2.75) is 18.8 Å². The molecule has 0 spiro atoms. The third kappa shape index (κ3) is 1.72. The van der Waals surface area contributed by atoms with Gasteiger partial charge in [0.2, 0.25) is 17.1 Å². The molecule has 7 heteroatoms. The van der Waals surface area contributed by atoms with Gasteiger partial charge in [-0.15, -0.1) is 6.58 Å². The summed E-state index contributed by atoms with van der Waals surface area (Å²) in [6, 6.07) is 12.5. The molecule has 6 nitrogen and oxygen atoms in total. The first-order valence-corrected chi connectivity index (χ1v) is 7.84. The number of nitriles is 3. The highest BCUT2D eigenvalue weighted by molar-refractivity contribution is 6.30. The average molecular weight is 353 g/mol. The van der Waals surface area contributed by atoms with Gasteiger partial charge in [-0.3, -0.25) is 5.41 Å². The van der Waals surface area contributed by atoms with Crippen molar-refractivity contribution >= 4 is 17.5 Å². The summed E-state index contributed by atoms with van der Waals surface area (Å²) in [5, 5.41) is 38.2. The maximum absolute atomic E-state index is 9.95. The van der Waals surface area contributed by atoms with Crippen LogP contribution in [-0.4, -0.2) is 12.0 Å². The van der Waals surface area contributed by atoms with Gasteiger partial charge in [-0.2, -0.15) is 15.8 Å². The Bertz CT molecular complexity index is 895. The highest BCUT2D eigenvalue weighted by atomic mass is 35.5. The number of rotatable bonds is 2. The molecule has 2 aliphatic heterocycles. The quantitative estimate of drug-likeness (QED) is 0.820. The number of nitrogens with one attached hydrogen (secondary N) is 1. The van der Waals surface area contributed by atoms with E-state index in [1.807, 2.05) is 18.2 Å². The normalized spacial score (nSPS) is 34.9. The average Bonchev–Trinajstić information content (AvgIpc) is 2.78. The van der Waals surface area contributed by atoms with Gasteiger partial charge in [-0.1, -0.05) is 36.7 Å². The largest absolute Gasteiger partial charge is 0.443 e. The molecule has 1 N–H and O–H groups in total. The van der Waals surface area contributed by atoms with Crippen LogP contribution in [0.25, 0.3) is 0 Å². The van der Waals surface area contributed by atoms with Crippen molar-refractivity contribution in [3.63, 3.8) is 0 Å². The molecule has 0 aromatic heterocycles. The number of fused-ring (bicyclic) bond motifs is 2. The predicted molar refractivity (Wildman–Crippen MR) is 87.9 cm³/mol. The zero-order chi connectivity index (χ0) is 18.5. The lowest BCUT2D eigenvalue weighted by molar-refractivity contribution is -0.273. The second-order valence-corrected chi connectivity index (χ2v) is 6.49. The van der Waals surface area contributed by atoms with Crippen molar-refractivity contribution < 1.29 is 9.47 Å². The molecule has 25 heavy (non-hydrogen) atoms. The van der Waals surface area contributed by atoms with Crippen molar-refractivity contribution in [1.29, 1.82) is 21.2 Å². The molecule has 2 bridgehead atoms. The summed E-state index contributed by atoms with van der Waals surface area (Å²) < 4.78 is 11.8. The fraction of sp³-hybridized carbons (Fsp3) is 0.333. The van der Waals surface area contributed by atoms with Crippen LogP contribution in [0.4, 0.5) is 0 Å². The van der Waals surface area contributed by atoms with E-state index in [-0.39, 0.29) is 0 Å². The van der Waals surface area contributed by atoms with Crippen molar-refractivity contribution in [1.82, 2.24) is 0 Å². The molecule has 0 amide bonds. The fourth-order valence-corrected chi connectivity index (χ4v) is 4.01. The van der Waals surface area contributed by atoms with Crippen LogP contribution < -0.4 is 0 Å². The highest BCUT2D eigenvalue weighted by Gasteiger charge is 2.79. The lowest BCUT2D eigenvalue weighted by atomic mass is 9.54. The topological polar surface area (TPSA) is 114 Å². The van der Waals surface area contributed by atoms with Crippen molar-refractivity contribution in [3.05, 3.63) is 47.5 Å². The van der Waals surface area contributed by atoms with E-state index in [1.165, 1.54) is 6.08 Å². The Labute approximate surface area is 150 Å². The van der Waals surface area contributed by atoms with Gasteiger partial charge in [0.1, 0.15) is 6.10 Å². The van der Waals surface area contributed by atoms with Crippen LogP contribution in [0.2, 0.25) is 5.02 Å². The van der Waals surface area contributed by atoms with E-state index in [1.54, 1.807) is 31.2 Å². The predicted octanol–water partition coefficient (Wildman–Crippen LogP) is 3.26. The molecule has 2 aliphatic rings.